The smallest absolute Gasteiger partial charge is 0.342 e. The summed E-state index contributed by atoms with van der Waals surface area (Å²) in [5.74, 6) is -0.485. The van der Waals surface area contributed by atoms with E-state index >= 15 is 0 Å². The summed E-state index contributed by atoms with van der Waals surface area (Å²) < 4.78 is 10.5. The third-order valence-corrected chi connectivity index (χ3v) is 3.70. The fourth-order valence-electron chi connectivity index (χ4n) is 2.35. The minimum atomic E-state index is -0.581. The Morgan fingerprint density at radius 2 is 1.76 bits per heavy atom. The van der Waals surface area contributed by atoms with Gasteiger partial charge in [0.2, 0.25) is 0 Å². The van der Waals surface area contributed by atoms with Crippen molar-refractivity contribution in [3.8, 4) is 5.75 Å². The van der Waals surface area contributed by atoms with Crippen LogP contribution < -0.4 is 10.1 Å². The van der Waals surface area contributed by atoms with E-state index in [2.05, 4.69) is 5.32 Å². The average molecular weight is 341 g/mol. The van der Waals surface area contributed by atoms with Crippen LogP contribution in [0.1, 0.15) is 41.4 Å². The van der Waals surface area contributed by atoms with Crippen LogP contribution in [0, 0.1) is 6.92 Å². The average Bonchev–Trinajstić information content (AvgIpc) is 2.61. The molecule has 1 atom stereocenters. The summed E-state index contributed by atoms with van der Waals surface area (Å²) in [6.45, 7) is 5.83. The lowest BCUT2D eigenvalue weighted by Crippen LogP contribution is -2.31. The Balaban J connectivity index is 1.89. The molecule has 0 aromatic heterocycles. The summed E-state index contributed by atoms with van der Waals surface area (Å²) >= 11 is 0. The summed E-state index contributed by atoms with van der Waals surface area (Å²) in [6, 6.07) is 14.5. The lowest BCUT2D eigenvalue weighted by atomic mass is 10.1. The highest BCUT2D eigenvalue weighted by Gasteiger charge is 2.16. The molecule has 0 spiro atoms. The van der Waals surface area contributed by atoms with Crippen LogP contribution in [0.25, 0.3) is 0 Å². The van der Waals surface area contributed by atoms with Crippen LogP contribution in [0.2, 0.25) is 0 Å². The molecule has 25 heavy (non-hydrogen) atoms. The van der Waals surface area contributed by atoms with Crippen molar-refractivity contribution in [2.75, 3.05) is 13.2 Å². The number of amides is 1. The van der Waals surface area contributed by atoms with Gasteiger partial charge in [-0.3, -0.25) is 4.79 Å². The molecule has 0 radical (unpaired) electrons. The highest BCUT2D eigenvalue weighted by molar-refractivity contribution is 5.94. The van der Waals surface area contributed by atoms with Crippen LogP contribution in [0.15, 0.2) is 48.5 Å². The molecule has 0 bridgehead atoms. The van der Waals surface area contributed by atoms with Gasteiger partial charge in [-0.15, -0.1) is 0 Å². The van der Waals surface area contributed by atoms with E-state index in [-0.39, 0.29) is 18.6 Å². The van der Waals surface area contributed by atoms with Crippen LogP contribution in [-0.4, -0.2) is 25.1 Å². The zero-order valence-corrected chi connectivity index (χ0v) is 14.7. The van der Waals surface area contributed by atoms with E-state index < -0.39 is 5.97 Å². The molecular weight excluding hydrogens is 318 g/mol. The SMILES string of the molecule is CCOc1ccccc1C(=O)OCC(=O)N[C@@H](C)c1ccc(C)cc1. The third-order valence-electron chi connectivity index (χ3n) is 3.70. The topological polar surface area (TPSA) is 64.6 Å². The number of carbonyl (C=O) groups is 2. The first-order valence-corrected chi connectivity index (χ1v) is 8.26. The maximum absolute atomic E-state index is 12.2. The lowest BCUT2D eigenvalue weighted by Gasteiger charge is -2.15. The Hall–Kier alpha value is -2.82. The van der Waals surface area contributed by atoms with E-state index in [0.29, 0.717) is 17.9 Å². The molecule has 2 aromatic carbocycles. The first-order chi connectivity index (χ1) is 12.0. The maximum atomic E-state index is 12.2. The van der Waals surface area contributed by atoms with Crippen molar-refractivity contribution in [2.45, 2.75) is 26.8 Å². The monoisotopic (exact) mass is 341 g/mol. The van der Waals surface area contributed by atoms with Crippen molar-refractivity contribution in [2.24, 2.45) is 0 Å². The number of esters is 1. The van der Waals surface area contributed by atoms with Gasteiger partial charge in [-0.05, 0) is 38.5 Å². The zero-order chi connectivity index (χ0) is 18.2. The molecule has 5 heteroatoms. The molecule has 0 saturated carbocycles. The predicted molar refractivity (Wildman–Crippen MR) is 95.6 cm³/mol. The van der Waals surface area contributed by atoms with Crippen molar-refractivity contribution >= 4 is 11.9 Å². The second-order valence-corrected chi connectivity index (χ2v) is 5.71. The predicted octanol–water partition coefficient (Wildman–Crippen LogP) is 3.43. The van der Waals surface area contributed by atoms with Gasteiger partial charge in [0.05, 0.1) is 12.6 Å². The summed E-state index contributed by atoms with van der Waals surface area (Å²) in [6.07, 6.45) is 0. The summed E-state index contributed by atoms with van der Waals surface area (Å²) in [5, 5.41) is 2.81. The van der Waals surface area contributed by atoms with E-state index in [1.54, 1.807) is 24.3 Å². The standard InChI is InChI=1S/C20H23NO4/c1-4-24-18-8-6-5-7-17(18)20(23)25-13-19(22)21-15(3)16-11-9-14(2)10-12-16/h5-12,15H,4,13H2,1-3H3,(H,21,22)/t15-/m0/s1. The molecule has 0 saturated heterocycles. The summed E-state index contributed by atoms with van der Waals surface area (Å²) in [5.41, 5.74) is 2.46. The highest BCUT2D eigenvalue weighted by Crippen LogP contribution is 2.19. The summed E-state index contributed by atoms with van der Waals surface area (Å²) in [7, 11) is 0. The van der Waals surface area contributed by atoms with Gasteiger partial charge in [-0.1, -0.05) is 42.0 Å². The number of nitrogens with one attached hydrogen (secondary N) is 1. The van der Waals surface area contributed by atoms with E-state index in [0.717, 1.165) is 11.1 Å². The van der Waals surface area contributed by atoms with Gasteiger partial charge >= 0.3 is 5.97 Å². The number of benzene rings is 2. The third kappa shape index (κ3) is 5.35. The van der Waals surface area contributed by atoms with Gasteiger partial charge in [0, 0.05) is 0 Å². The Bertz CT molecular complexity index is 725. The van der Waals surface area contributed by atoms with Crippen molar-refractivity contribution < 1.29 is 19.1 Å². The number of carbonyl (C=O) groups excluding carboxylic acids is 2. The molecule has 0 aliphatic rings. The Morgan fingerprint density at radius 1 is 1.08 bits per heavy atom. The largest absolute Gasteiger partial charge is 0.493 e. The van der Waals surface area contributed by atoms with Crippen LogP contribution in [0.4, 0.5) is 0 Å². The molecule has 1 amide bonds. The van der Waals surface area contributed by atoms with Gasteiger partial charge in [-0.25, -0.2) is 4.79 Å². The lowest BCUT2D eigenvalue weighted by molar-refractivity contribution is -0.124. The number of hydrogen-bond acceptors (Lipinski definition) is 4. The Morgan fingerprint density at radius 3 is 2.44 bits per heavy atom. The number of ether oxygens (including phenoxy) is 2. The quantitative estimate of drug-likeness (QED) is 0.784. The molecule has 0 aliphatic carbocycles. The highest BCUT2D eigenvalue weighted by atomic mass is 16.5. The van der Waals surface area contributed by atoms with E-state index in [4.69, 9.17) is 9.47 Å². The van der Waals surface area contributed by atoms with E-state index in [9.17, 15) is 9.59 Å². The van der Waals surface area contributed by atoms with Crippen LogP contribution in [0.3, 0.4) is 0 Å². The van der Waals surface area contributed by atoms with Gasteiger partial charge < -0.3 is 14.8 Å². The van der Waals surface area contributed by atoms with Crippen molar-refractivity contribution in [1.82, 2.24) is 5.32 Å². The molecule has 0 heterocycles. The second-order valence-electron chi connectivity index (χ2n) is 5.71. The molecular formula is C20H23NO4. The molecule has 2 aromatic rings. The Kier molecular flexibility index (Phi) is 6.57. The molecule has 0 aliphatic heterocycles. The van der Waals surface area contributed by atoms with E-state index in [1.807, 2.05) is 45.0 Å². The molecule has 2 rings (SSSR count). The Labute approximate surface area is 148 Å². The van der Waals surface area contributed by atoms with Crippen LogP contribution >= 0.6 is 0 Å². The van der Waals surface area contributed by atoms with Crippen molar-refractivity contribution in [3.63, 3.8) is 0 Å². The minimum absolute atomic E-state index is 0.164. The van der Waals surface area contributed by atoms with Crippen LogP contribution in [-0.2, 0) is 9.53 Å². The number of para-hydroxylation sites is 1. The normalized spacial score (nSPS) is 11.5. The molecule has 132 valence electrons. The van der Waals surface area contributed by atoms with Gasteiger partial charge in [0.1, 0.15) is 11.3 Å². The summed E-state index contributed by atoms with van der Waals surface area (Å²) in [4.78, 5) is 24.2. The second kappa shape index (κ2) is 8.87. The number of rotatable bonds is 7. The molecule has 5 nitrogen and oxygen atoms in total. The van der Waals surface area contributed by atoms with Crippen molar-refractivity contribution in [3.05, 3.63) is 65.2 Å². The van der Waals surface area contributed by atoms with Crippen LogP contribution in [0.5, 0.6) is 5.75 Å². The minimum Gasteiger partial charge on any atom is -0.493 e. The maximum Gasteiger partial charge on any atom is 0.342 e. The fraction of sp³-hybridized carbons (Fsp3) is 0.300. The number of aryl methyl sites for hydroxylation is 1. The van der Waals surface area contributed by atoms with E-state index in [1.165, 1.54) is 0 Å². The van der Waals surface area contributed by atoms with Gasteiger partial charge in [-0.2, -0.15) is 0 Å². The van der Waals surface area contributed by atoms with Crippen molar-refractivity contribution in [1.29, 1.82) is 0 Å². The number of hydrogen-bond donors (Lipinski definition) is 1. The zero-order valence-electron chi connectivity index (χ0n) is 14.7. The molecule has 0 fully saturated rings. The van der Waals surface area contributed by atoms with Gasteiger partial charge in [0.15, 0.2) is 6.61 Å². The van der Waals surface area contributed by atoms with Gasteiger partial charge in [0.25, 0.3) is 5.91 Å². The first-order valence-electron chi connectivity index (χ1n) is 8.26. The molecule has 0 unspecified atom stereocenters. The molecule has 1 N–H and O–H groups in total. The first kappa shape index (κ1) is 18.5. The fourth-order valence-corrected chi connectivity index (χ4v) is 2.35.